The van der Waals surface area contributed by atoms with Gasteiger partial charge in [-0.3, -0.25) is 14.2 Å². The molecule has 1 aliphatic rings. The summed E-state index contributed by atoms with van der Waals surface area (Å²) in [7, 11) is 0. The number of nitrogens with zero attached hydrogens (tertiary/aromatic N) is 4. The first-order valence-corrected chi connectivity index (χ1v) is 8.49. The molecule has 0 radical (unpaired) electrons. The molecule has 0 N–H and O–H groups in total. The van der Waals surface area contributed by atoms with E-state index in [4.69, 9.17) is 4.74 Å². The first kappa shape index (κ1) is 15.1. The van der Waals surface area contributed by atoms with Crippen LogP contribution in [0.3, 0.4) is 0 Å². The lowest BCUT2D eigenvalue weighted by molar-refractivity contribution is 0.223. The minimum absolute atomic E-state index is 0.0553. The number of aromatic nitrogens is 3. The van der Waals surface area contributed by atoms with Gasteiger partial charge in [-0.25, -0.2) is 4.98 Å². The van der Waals surface area contributed by atoms with Gasteiger partial charge in [0.15, 0.2) is 0 Å². The maximum atomic E-state index is 12.2. The first-order valence-electron chi connectivity index (χ1n) is 7.70. The van der Waals surface area contributed by atoms with Crippen molar-refractivity contribution in [3.63, 3.8) is 0 Å². The minimum Gasteiger partial charge on any atom is -0.487 e. The Kier molecular flexibility index (Phi) is 3.93. The highest BCUT2D eigenvalue weighted by Crippen LogP contribution is 2.27. The Balaban J connectivity index is 1.55. The van der Waals surface area contributed by atoms with Crippen molar-refractivity contribution in [1.82, 2.24) is 14.4 Å². The Morgan fingerprint density at radius 1 is 1.29 bits per heavy atom. The van der Waals surface area contributed by atoms with Crippen LogP contribution in [0.1, 0.15) is 6.42 Å². The van der Waals surface area contributed by atoms with Crippen LogP contribution < -0.4 is 15.2 Å². The van der Waals surface area contributed by atoms with Crippen molar-refractivity contribution >= 4 is 27.4 Å². The third kappa shape index (κ3) is 2.87. The van der Waals surface area contributed by atoms with Crippen molar-refractivity contribution in [3.8, 4) is 5.75 Å². The van der Waals surface area contributed by atoms with Crippen LogP contribution in [0.4, 0.5) is 5.82 Å². The Hall–Kier alpha value is -2.41. The van der Waals surface area contributed by atoms with E-state index >= 15 is 0 Å². The minimum atomic E-state index is -0.0724. The van der Waals surface area contributed by atoms with E-state index in [0.29, 0.717) is 18.0 Å². The van der Waals surface area contributed by atoms with Crippen molar-refractivity contribution in [2.75, 3.05) is 18.0 Å². The second-order valence-electron chi connectivity index (χ2n) is 5.66. The number of fused-ring (bicyclic) bond motifs is 1. The van der Waals surface area contributed by atoms with Gasteiger partial charge in [-0.05, 0) is 34.1 Å². The molecule has 4 rings (SSSR count). The quantitative estimate of drug-likeness (QED) is 0.691. The number of rotatable bonds is 3. The highest BCUT2D eigenvalue weighted by molar-refractivity contribution is 9.10. The summed E-state index contributed by atoms with van der Waals surface area (Å²) < 4.78 is 8.42. The van der Waals surface area contributed by atoms with E-state index < -0.39 is 0 Å². The molecule has 7 heteroatoms. The Morgan fingerprint density at radius 3 is 3.08 bits per heavy atom. The Labute approximate surface area is 146 Å². The molecule has 0 saturated carbocycles. The Bertz CT molecular complexity index is 943. The topological polar surface area (TPSA) is 59.7 Å². The van der Waals surface area contributed by atoms with E-state index in [1.807, 2.05) is 24.3 Å². The van der Waals surface area contributed by atoms with Gasteiger partial charge in [0, 0.05) is 37.6 Å². The summed E-state index contributed by atoms with van der Waals surface area (Å²) in [5.41, 5.74) is 0.582. The molecular formula is C17H15BrN4O2. The molecular weight excluding hydrogens is 372 g/mol. The molecule has 6 nitrogen and oxygen atoms in total. The van der Waals surface area contributed by atoms with E-state index in [1.165, 1.54) is 0 Å². The number of hydrogen-bond donors (Lipinski definition) is 0. The molecule has 0 spiro atoms. The number of ether oxygens (including phenoxy) is 1. The second kappa shape index (κ2) is 6.24. The maximum Gasteiger partial charge on any atom is 0.259 e. The molecule has 3 aromatic rings. The maximum absolute atomic E-state index is 12.2. The lowest BCUT2D eigenvalue weighted by Gasteiger charge is -2.18. The lowest BCUT2D eigenvalue weighted by atomic mass is 10.3. The van der Waals surface area contributed by atoms with Gasteiger partial charge in [-0.2, -0.15) is 0 Å². The molecule has 0 aliphatic carbocycles. The van der Waals surface area contributed by atoms with E-state index in [1.54, 1.807) is 29.1 Å². The normalized spacial score (nSPS) is 17.4. The van der Waals surface area contributed by atoms with Crippen LogP contribution in [0.15, 0.2) is 58.2 Å². The summed E-state index contributed by atoms with van der Waals surface area (Å²) in [5, 5.41) is 0. The molecule has 1 unspecified atom stereocenters. The Morgan fingerprint density at radius 2 is 2.21 bits per heavy atom. The molecule has 122 valence electrons. The van der Waals surface area contributed by atoms with E-state index in [-0.39, 0.29) is 11.7 Å². The van der Waals surface area contributed by atoms with Crippen LogP contribution in [0.2, 0.25) is 0 Å². The van der Waals surface area contributed by atoms with Gasteiger partial charge in [-0.1, -0.05) is 6.07 Å². The van der Waals surface area contributed by atoms with Gasteiger partial charge in [0.25, 0.3) is 5.56 Å². The summed E-state index contributed by atoms with van der Waals surface area (Å²) in [6, 6.07) is 8.96. The van der Waals surface area contributed by atoms with Crippen molar-refractivity contribution in [2.24, 2.45) is 0 Å². The lowest BCUT2D eigenvalue weighted by Crippen LogP contribution is -2.27. The number of pyridine rings is 2. The van der Waals surface area contributed by atoms with Gasteiger partial charge < -0.3 is 9.64 Å². The van der Waals surface area contributed by atoms with Gasteiger partial charge in [0.1, 0.15) is 23.3 Å². The molecule has 24 heavy (non-hydrogen) atoms. The average molecular weight is 387 g/mol. The van der Waals surface area contributed by atoms with Crippen LogP contribution >= 0.6 is 15.9 Å². The zero-order valence-corrected chi connectivity index (χ0v) is 14.4. The molecule has 1 fully saturated rings. The molecule has 3 aromatic heterocycles. The zero-order valence-electron chi connectivity index (χ0n) is 12.8. The molecule has 4 heterocycles. The summed E-state index contributed by atoms with van der Waals surface area (Å²) in [6.45, 7) is 1.51. The summed E-state index contributed by atoms with van der Waals surface area (Å²) >= 11 is 3.44. The largest absolute Gasteiger partial charge is 0.487 e. The van der Waals surface area contributed by atoms with Crippen LogP contribution in [0, 0.1) is 0 Å². The molecule has 1 saturated heterocycles. The fraction of sp³-hybridized carbons (Fsp3) is 0.235. The third-order valence-corrected chi connectivity index (χ3v) is 4.65. The van der Waals surface area contributed by atoms with E-state index in [9.17, 15) is 4.79 Å². The van der Waals surface area contributed by atoms with Crippen molar-refractivity contribution in [2.45, 2.75) is 12.5 Å². The fourth-order valence-corrected chi connectivity index (χ4v) is 3.22. The zero-order chi connectivity index (χ0) is 16.5. The highest BCUT2D eigenvalue weighted by Gasteiger charge is 2.26. The van der Waals surface area contributed by atoms with Gasteiger partial charge in [0.2, 0.25) is 0 Å². The van der Waals surface area contributed by atoms with Crippen LogP contribution in [-0.2, 0) is 0 Å². The fourth-order valence-electron chi connectivity index (χ4n) is 2.87. The predicted octanol–water partition coefficient (Wildman–Crippen LogP) is 2.51. The van der Waals surface area contributed by atoms with E-state index in [2.05, 4.69) is 30.8 Å². The van der Waals surface area contributed by atoms with Gasteiger partial charge in [0.05, 0.1) is 11.0 Å². The highest BCUT2D eigenvalue weighted by atomic mass is 79.9. The van der Waals surface area contributed by atoms with Crippen LogP contribution in [-0.4, -0.2) is 33.6 Å². The summed E-state index contributed by atoms with van der Waals surface area (Å²) in [4.78, 5) is 22.9. The van der Waals surface area contributed by atoms with Crippen molar-refractivity contribution < 1.29 is 4.74 Å². The molecule has 0 bridgehead atoms. The second-order valence-corrected chi connectivity index (χ2v) is 6.52. The molecule has 1 atom stereocenters. The number of halogens is 1. The van der Waals surface area contributed by atoms with Crippen molar-refractivity contribution in [1.29, 1.82) is 0 Å². The average Bonchev–Trinajstić information content (AvgIpc) is 3.06. The van der Waals surface area contributed by atoms with Gasteiger partial charge in [-0.15, -0.1) is 0 Å². The smallest absolute Gasteiger partial charge is 0.259 e. The summed E-state index contributed by atoms with van der Waals surface area (Å²) in [6.07, 6.45) is 6.09. The van der Waals surface area contributed by atoms with E-state index in [0.717, 1.165) is 23.2 Å². The predicted molar refractivity (Wildman–Crippen MR) is 94.6 cm³/mol. The van der Waals surface area contributed by atoms with Crippen molar-refractivity contribution in [3.05, 3.63) is 63.7 Å². The van der Waals surface area contributed by atoms with Gasteiger partial charge >= 0.3 is 0 Å². The van der Waals surface area contributed by atoms with Crippen LogP contribution in [0.25, 0.3) is 5.65 Å². The third-order valence-electron chi connectivity index (χ3n) is 4.06. The standard InChI is InChI=1S/C17H15BrN4O2/c18-13-10-19-6-4-14(13)24-12-5-8-21(11-12)16-9-17(23)22-7-2-1-3-15(22)20-16/h1-4,6-7,9-10,12H,5,8,11H2. The molecule has 0 amide bonds. The number of anilines is 1. The summed E-state index contributed by atoms with van der Waals surface area (Å²) in [5.74, 6) is 1.48. The monoisotopic (exact) mass is 386 g/mol. The molecule has 0 aromatic carbocycles. The molecule has 1 aliphatic heterocycles. The van der Waals surface area contributed by atoms with Crippen LogP contribution in [0.5, 0.6) is 5.75 Å². The SMILES string of the molecule is O=c1cc(N2CCC(Oc3ccncc3Br)C2)nc2ccccn12. The number of hydrogen-bond acceptors (Lipinski definition) is 5. The first-order chi connectivity index (χ1) is 11.7.